The Morgan fingerprint density at radius 3 is 1.68 bits per heavy atom. The van der Waals surface area contributed by atoms with Crippen molar-refractivity contribution < 1.29 is 0 Å². The third kappa shape index (κ3) is 12.4. The summed E-state index contributed by atoms with van der Waals surface area (Å²) in [6.45, 7) is 11.3. The molecule has 0 aliphatic heterocycles. The van der Waals surface area contributed by atoms with Gasteiger partial charge in [0, 0.05) is 0 Å². The monoisotopic (exact) mass is 514 g/mol. The maximum absolute atomic E-state index is 5.35. The first-order chi connectivity index (χ1) is 18.6. The minimum Gasteiger partial charge on any atom is -0.252 e. The van der Waals surface area contributed by atoms with Crippen LogP contribution in [0.5, 0.6) is 0 Å². The van der Waals surface area contributed by atoms with E-state index in [4.69, 9.17) is 9.98 Å². The molecule has 2 nitrogen and oxygen atoms in total. The molecule has 0 aromatic heterocycles. The molecule has 38 heavy (non-hydrogen) atoms. The first kappa shape index (κ1) is 31.7. The van der Waals surface area contributed by atoms with E-state index in [0.29, 0.717) is 0 Å². The van der Waals surface area contributed by atoms with E-state index in [1.807, 2.05) is 0 Å². The lowest BCUT2D eigenvalue weighted by atomic mass is 10.00. The topological polar surface area (TPSA) is 24.7 Å². The molecule has 0 amide bonds. The Labute approximate surface area is 234 Å². The number of allylic oxidation sites excluding steroid dienone is 1. The number of aliphatic imine (C=N–C) groups is 2. The SMILES string of the molecule is CCCC=Cc1ccc(N=C(CCCCC)C(CCCC)=Nc2cc(CCCC)cc(CCCC)c2)cc1. The van der Waals surface area contributed by atoms with Crippen molar-refractivity contribution in [2.24, 2.45) is 9.98 Å². The number of nitrogens with zero attached hydrogens (tertiary/aromatic N) is 2. The van der Waals surface area contributed by atoms with Gasteiger partial charge in [-0.1, -0.05) is 103 Å². The largest absolute Gasteiger partial charge is 0.252 e. The Hall–Kier alpha value is -2.48. The minimum atomic E-state index is 0.989. The zero-order valence-electron chi connectivity index (χ0n) is 25.2. The van der Waals surface area contributed by atoms with Gasteiger partial charge < -0.3 is 0 Å². The fourth-order valence-corrected chi connectivity index (χ4v) is 4.63. The molecule has 0 saturated heterocycles. The van der Waals surface area contributed by atoms with E-state index in [2.05, 4.69) is 89.2 Å². The summed E-state index contributed by atoms with van der Waals surface area (Å²) in [4.78, 5) is 10.6. The Balaban J connectivity index is 2.47. The maximum atomic E-state index is 5.35. The predicted octanol–water partition coefficient (Wildman–Crippen LogP) is 11.8. The zero-order chi connectivity index (χ0) is 27.4. The van der Waals surface area contributed by atoms with Crippen LogP contribution in [0.1, 0.15) is 135 Å². The first-order valence-electron chi connectivity index (χ1n) is 15.7. The standard InChI is InChI=1S/C36H54N2/c1-6-11-16-20-30-23-25-33(26-24-30)37-36(22-17-12-7-2)35(21-15-10-5)38-34-28-31(18-13-8-3)27-32(29-34)19-14-9-4/h16,20,23-29H,6-15,17-19,21-22H2,1-5H3. The normalized spacial score (nSPS) is 12.6. The summed E-state index contributed by atoms with van der Waals surface area (Å²) in [6.07, 6.45) is 21.9. The molecule has 0 atom stereocenters. The number of benzene rings is 2. The summed E-state index contributed by atoms with van der Waals surface area (Å²) in [5.41, 5.74) is 8.63. The fourth-order valence-electron chi connectivity index (χ4n) is 4.63. The van der Waals surface area contributed by atoms with Crippen LogP contribution in [0.4, 0.5) is 11.4 Å². The van der Waals surface area contributed by atoms with Crippen LogP contribution in [0.15, 0.2) is 58.5 Å². The molecule has 0 heterocycles. The maximum Gasteiger partial charge on any atom is 0.0639 e. The Morgan fingerprint density at radius 1 is 0.579 bits per heavy atom. The molecule has 2 rings (SSSR count). The third-order valence-electron chi connectivity index (χ3n) is 6.98. The summed E-state index contributed by atoms with van der Waals surface area (Å²) in [6, 6.07) is 15.8. The van der Waals surface area contributed by atoms with Crippen LogP contribution in [0, 0.1) is 0 Å². The van der Waals surface area contributed by atoms with Crippen molar-refractivity contribution in [2.75, 3.05) is 0 Å². The van der Waals surface area contributed by atoms with Gasteiger partial charge in [0.15, 0.2) is 0 Å². The van der Waals surface area contributed by atoms with Gasteiger partial charge in [-0.05, 0) is 98.7 Å². The summed E-state index contributed by atoms with van der Waals surface area (Å²) in [7, 11) is 0. The number of aryl methyl sites for hydroxylation is 2. The van der Waals surface area contributed by atoms with Gasteiger partial charge in [-0.15, -0.1) is 0 Å². The van der Waals surface area contributed by atoms with Gasteiger partial charge in [0.1, 0.15) is 0 Å². The average molecular weight is 515 g/mol. The smallest absolute Gasteiger partial charge is 0.0639 e. The summed E-state index contributed by atoms with van der Waals surface area (Å²) >= 11 is 0. The van der Waals surface area contributed by atoms with Crippen molar-refractivity contribution >= 4 is 28.9 Å². The van der Waals surface area contributed by atoms with Crippen molar-refractivity contribution in [3.8, 4) is 0 Å². The van der Waals surface area contributed by atoms with Crippen LogP contribution in [-0.2, 0) is 12.8 Å². The van der Waals surface area contributed by atoms with Crippen molar-refractivity contribution in [1.29, 1.82) is 0 Å². The quantitative estimate of drug-likeness (QED) is 0.131. The lowest BCUT2D eigenvalue weighted by molar-refractivity contribution is 0.742. The number of hydrogen-bond donors (Lipinski definition) is 0. The lowest BCUT2D eigenvalue weighted by Crippen LogP contribution is -2.14. The van der Waals surface area contributed by atoms with Crippen LogP contribution >= 0.6 is 0 Å². The van der Waals surface area contributed by atoms with Gasteiger partial charge in [0.2, 0.25) is 0 Å². The van der Waals surface area contributed by atoms with E-state index in [1.54, 1.807) is 0 Å². The van der Waals surface area contributed by atoms with Crippen molar-refractivity contribution in [3.63, 3.8) is 0 Å². The molecule has 0 spiro atoms. The van der Waals surface area contributed by atoms with Gasteiger partial charge in [-0.3, -0.25) is 9.98 Å². The van der Waals surface area contributed by atoms with E-state index in [9.17, 15) is 0 Å². The molecule has 0 unspecified atom stereocenters. The van der Waals surface area contributed by atoms with Crippen LogP contribution in [0.2, 0.25) is 0 Å². The molecule has 0 N–H and O–H groups in total. The summed E-state index contributed by atoms with van der Waals surface area (Å²) < 4.78 is 0. The van der Waals surface area contributed by atoms with Crippen molar-refractivity contribution in [3.05, 3.63) is 65.2 Å². The van der Waals surface area contributed by atoms with Gasteiger partial charge >= 0.3 is 0 Å². The average Bonchev–Trinajstić information content (AvgIpc) is 2.93. The van der Waals surface area contributed by atoms with Gasteiger partial charge in [-0.2, -0.15) is 0 Å². The van der Waals surface area contributed by atoms with Gasteiger partial charge in [-0.25, -0.2) is 0 Å². The van der Waals surface area contributed by atoms with E-state index in [0.717, 1.165) is 56.3 Å². The molecule has 0 radical (unpaired) electrons. The van der Waals surface area contributed by atoms with Crippen molar-refractivity contribution in [2.45, 2.75) is 131 Å². The molecule has 2 aromatic carbocycles. The second-order valence-corrected chi connectivity index (χ2v) is 10.7. The van der Waals surface area contributed by atoms with Crippen LogP contribution in [0.3, 0.4) is 0 Å². The molecule has 2 aromatic rings. The van der Waals surface area contributed by atoms with E-state index in [-0.39, 0.29) is 0 Å². The van der Waals surface area contributed by atoms with E-state index >= 15 is 0 Å². The van der Waals surface area contributed by atoms with Gasteiger partial charge in [0.25, 0.3) is 0 Å². The van der Waals surface area contributed by atoms with E-state index < -0.39 is 0 Å². The van der Waals surface area contributed by atoms with Crippen LogP contribution < -0.4 is 0 Å². The predicted molar refractivity (Wildman–Crippen MR) is 172 cm³/mol. The minimum absolute atomic E-state index is 0.989. The summed E-state index contributed by atoms with van der Waals surface area (Å²) in [5, 5.41) is 0. The molecule has 208 valence electrons. The highest BCUT2D eigenvalue weighted by molar-refractivity contribution is 6.43. The molecule has 0 bridgehead atoms. The van der Waals surface area contributed by atoms with Crippen molar-refractivity contribution in [1.82, 2.24) is 0 Å². The number of hydrogen-bond acceptors (Lipinski definition) is 2. The highest BCUT2D eigenvalue weighted by Crippen LogP contribution is 2.24. The Bertz CT molecular complexity index is 968. The van der Waals surface area contributed by atoms with E-state index in [1.165, 1.54) is 79.5 Å². The first-order valence-corrected chi connectivity index (χ1v) is 15.7. The molecular weight excluding hydrogens is 460 g/mol. The highest BCUT2D eigenvalue weighted by Gasteiger charge is 2.12. The molecular formula is C36H54N2. The second-order valence-electron chi connectivity index (χ2n) is 10.7. The lowest BCUT2D eigenvalue weighted by Gasteiger charge is -2.13. The summed E-state index contributed by atoms with van der Waals surface area (Å²) in [5.74, 6) is 0. The molecule has 0 aliphatic rings. The van der Waals surface area contributed by atoms with Crippen LogP contribution in [0.25, 0.3) is 6.08 Å². The number of unbranched alkanes of at least 4 members (excludes halogenated alkanes) is 6. The van der Waals surface area contributed by atoms with Gasteiger partial charge in [0.05, 0.1) is 22.8 Å². The Morgan fingerprint density at radius 2 is 1.13 bits per heavy atom. The molecule has 0 saturated carbocycles. The second kappa shape index (κ2) is 19.6. The number of rotatable bonds is 19. The fraction of sp³-hybridized carbons (Fsp3) is 0.556. The highest BCUT2D eigenvalue weighted by atomic mass is 14.8. The molecule has 0 fully saturated rings. The van der Waals surface area contributed by atoms with Crippen LogP contribution in [-0.4, -0.2) is 11.4 Å². The molecule has 0 aliphatic carbocycles. The Kier molecular flexibility index (Phi) is 16.3. The zero-order valence-corrected chi connectivity index (χ0v) is 25.2. The third-order valence-corrected chi connectivity index (χ3v) is 6.98. The molecule has 2 heteroatoms.